The largest absolute Gasteiger partial charge is 0.319 e. The van der Waals surface area contributed by atoms with Crippen LogP contribution >= 0.6 is 11.8 Å². The summed E-state index contributed by atoms with van der Waals surface area (Å²) < 4.78 is 0. The average molecular weight is 185 g/mol. The van der Waals surface area contributed by atoms with Gasteiger partial charge in [-0.05, 0) is 50.3 Å². The molecule has 0 radical (unpaired) electrons. The highest BCUT2D eigenvalue weighted by molar-refractivity contribution is 7.99. The molecule has 0 amide bonds. The molecule has 0 aliphatic carbocycles. The van der Waals surface area contributed by atoms with E-state index < -0.39 is 0 Å². The van der Waals surface area contributed by atoms with Gasteiger partial charge in [-0.3, -0.25) is 0 Å². The van der Waals surface area contributed by atoms with Crippen LogP contribution in [-0.4, -0.2) is 25.1 Å². The fraction of sp³-hybridized carbons (Fsp3) is 0.800. The second-order valence-electron chi connectivity index (χ2n) is 3.30. The summed E-state index contributed by atoms with van der Waals surface area (Å²) in [6.07, 6.45) is 8.73. The third kappa shape index (κ3) is 4.17. The summed E-state index contributed by atoms with van der Waals surface area (Å²) in [6.45, 7) is 1.11. The van der Waals surface area contributed by atoms with Crippen LogP contribution in [0.4, 0.5) is 0 Å². The first-order valence-corrected chi connectivity index (χ1v) is 5.98. The van der Waals surface area contributed by atoms with Crippen LogP contribution in [0.15, 0.2) is 12.2 Å². The van der Waals surface area contributed by atoms with Gasteiger partial charge in [0.15, 0.2) is 0 Å². The quantitative estimate of drug-likeness (QED) is 0.533. The smallest absolute Gasteiger partial charge is 0.000446 e. The minimum Gasteiger partial charge on any atom is -0.319 e. The Labute approximate surface area is 80.0 Å². The summed E-state index contributed by atoms with van der Waals surface area (Å²) >= 11 is 2.10. The van der Waals surface area contributed by atoms with Crippen molar-refractivity contribution in [2.24, 2.45) is 5.92 Å². The maximum Gasteiger partial charge on any atom is -0.000446 e. The molecule has 1 N–H and O–H groups in total. The van der Waals surface area contributed by atoms with Crippen LogP contribution in [0.5, 0.6) is 0 Å². The highest BCUT2D eigenvalue weighted by atomic mass is 32.2. The average Bonchev–Trinajstić information content (AvgIpc) is 2.14. The molecule has 1 saturated heterocycles. The molecule has 1 nitrogen and oxygen atoms in total. The van der Waals surface area contributed by atoms with E-state index in [9.17, 15) is 0 Å². The van der Waals surface area contributed by atoms with Crippen LogP contribution in [0.1, 0.15) is 19.3 Å². The van der Waals surface area contributed by atoms with Gasteiger partial charge < -0.3 is 5.32 Å². The molecule has 1 aliphatic rings. The van der Waals surface area contributed by atoms with Crippen molar-refractivity contribution in [1.82, 2.24) is 5.32 Å². The molecular weight excluding hydrogens is 166 g/mol. The molecule has 1 rings (SSSR count). The molecule has 1 unspecified atom stereocenters. The van der Waals surface area contributed by atoms with Crippen LogP contribution in [0.2, 0.25) is 0 Å². The molecule has 1 fully saturated rings. The Kier molecular flexibility index (Phi) is 5.53. The lowest BCUT2D eigenvalue weighted by atomic mass is 10.0. The van der Waals surface area contributed by atoms with Crippen molar-refractivity contribution < 1.29 is 0 Å². The van der Waals surface area contributed by atoms with Gasteiger partial charge in [0.05, 0.1) is 0 Å². The molecule has 0 spiro atoms. The van der Waals surface area contributed by atoms with E-state index in [0.717, 1.165) is 12.5 Å². The SMILES string of the molecule is CNCC/C=C\C1CCCSC1. The Bertz CT molecular complexity index is 128. The Balaban J connectivity index is 2.07. The first kappa shape index (κ1) is 10.1. The van der Waals surface area contributed by atoms with Gasteiger partial charge in [-0.2, -0.15) is 11.8 Å². The Morgan fingerprint density at radius 1 is 1.58 bits per heavy atom. The van der Waals surface area contributed by atoms with Crippen molar-refractivity contribution in [3.8, 4) is 0 Å². The van der Waals surface area contributed by atoms with Gasteiger partial charge in [-0.15, -0.1) is 0 Å². The Morgan fingerprint density at radius 2 is 2.50 bits per heavy atom. The third-order valence-corrected chi connectivity index (χ3v) is 3.41. The van der Waals surface area contributed by atoms with Crippen molar-refractivity contribution >= 4 is 11.8 Å². The van der Waals surface area contributed by atoms with E-state index >= 15 is 0 Å². The number of rotatable bonds is 4. The summed E-state index contributed by atoms with van der Waals surface area (Å²) in [5.41, 5.74) is 0. The predicted molar refractivity (Wildman–Crippen MR) is 57.7 cm³/mol. The minimum atomic E-state index is 0.862. The van der Waals surface area contributed by atoms with Gasteiger partial charge >= 0.3 is 0 Å². The number of thioether (sulfide) groups is 1. The van der Waals surface area contributed by atoms with Crippen LogP contribution in [0.3, 0.4) is 0 Å². The van der Waals surface area contributed by atoms with Gasteiger partial charge in [0.25, 0.3) is 0 Å². The molecule has 0 aromatic rings. The maximum absolute atomic E-state index is 3.15. The van der Waals surface area contributed by atoms with E-state index in [1.165, 1.54) is 30.8 Å². The van der Waals surface area contributed by atoms with E-state index in [0.29, 0.717) is 0 Å². The normalized spacial score (nSPS) is 24.9. The predicted octanol–water partition coefficient (Wildman–Crippen LogP) is 2.30. The molecular formula is C10H19NS. The molecule has 12 heavy (non-hydrogen) atoms. The highest BCUT2D eigenvalue weighted by Crippen LogP contribution is 2.23. The lowest BCUT2D eigenvalue weighted by molar-refractivity contribution is 0.627. The number of allylic oxidation sites excluding steroid dienone is 1. The summed E-state index contributed by atoms with van der Waals surface area (Å²) in [6, 6.07) is 0. The molecule has 1 aliphatic heterocycles. The van der Waals surface area contributed by atoms with Crippen LogP contribution in [0, 0.1) is 5.92 Å². The van der Waals surface area contributed by atoms with Gasteiger partial charge in [0.1, 0.15) is 0 Å². The number of nitrogens with one attached hydrogen (secondary N) is 1. The lowest BCUT2D eigenvalue weighted by Crippen LogP contribution is -2.08. The molecule has 0 saturated carbocycles. The van der Waals surface area contributed by atoms with Crippen molar-refractivity contribution in [2.45, 2.75) is 19.3 Å². The Hall–Kier alpha value is 0.0500. The molecule has 70 valence electrons. The van der Waals surface area contributed by atoms with E-state index in [1.807, 2.05) is 7.05 Å². The second kappa shape index (κ2) is 6.55. The molecule has 0 aromatic carbocycles. The van der Waals surface area contributed by atoms with Crippen molar-refractivity contribution in [1.29, 1.82) is 0 Å². The van der Waals surface area contributed by atoms with Crippen LogP contribution < -0.4 is 5.32 Å². The summed E-state index contributed by atoms with van der Waals surface area (Å²) in [4.78, 5) is 0. The molecule has 1 heterocycles. The van der Waals surface area contributed by atoms with E-state index in [-0.39, 0.29) is 0 Å². The first-order chi connectivity index (χ1) is 5.93. The Morgan fingerprint density at radius 3 is 3.17 bits per heavy atom. The van der Waals surface area contributed by atoms with Crippen LogP contribution in [-0.2, 0) is 0 Å². The highest BCUT2D eigenvalue weighted by Gasteiger charge is 2.09. The zero-order valence-corrected chi connectivity index (χ0v) is 8.70. The van der Waals surface area contributed by atoms with Gasteiger partial charge in [0.2, 0.25) is 0 Å². The van der Waals surface area contributed by atoms with E-state index in [2.05, 4.69) is 29.2 Å². The van der Waals surface area contributed by atoms with Crippen molar-refractivity contribution in [3.05, 3.63) is 12.2 Å². The monoisotopic (exact) mass is 185 g/mol. The van der Waals surface area contributed by atoms with Gasteiger partial charge in [-0.1, -0.05) is 12.2 Å². The molecule has 2 heteroatoms. The first-order valence-electron chi connectivity index (χ1n) is 4.82. The summed E-state index contributed by atoms with van der Waals surface area (Å²) in [7, 11) is 2.00. The lowest BCUT2D eigenvalue weighted by Gasteiger charge is -2.17. The molecule has 1 atom stereocenters. The number of hydrogen-bond acceptors (Lipinski definition) is 2. The van der Waals surface area contributed by atoms with Gasteiger partial charge in [-0.25, -0.2) is 0 Å². The molecule has 0 bridgehead atoms. The van der Waals surface area contributed by atoms with Crippen molar-refractivity contribution in [2.75, 3.05) is 25.1 Å². The third-order valence-electron chi connectivity index (χ3n) is 2.16. The molecule has 0 aromatic heterocycles. The topological polar surface area (TPSA) is 12.0 Å². The van der Waals surface area contributed by atoms with E-state index in [1.54, 1.807) is 0 Å². The zero-order valence-electron chi connectivity index (χ0n) is 7.88. The second-order valence-corrected chi connectivity index (χ2v) is 4.45. The fourth-order valence-corrected chi connectivity index (χ4v) is 2.55. The van der Waals surface area contributed by atoms with Crippen molar-refractivity contribution in [3.63, 3.8) is 0 Å². The van der Waals surface area contributed by atoms with Gasteiger partial charge in [0, 0.05) is 0 Å². The maximum atomic E-state index is 3.15. The summed E-state index contributed by atoms with van der Waals surface area (Å²) in [5, 5.41) is 3.15. The zero-order chi connectivity index (χ0) is 8.65. The minimum absolute atomic E-state index is 0.862. The van der Waals surface area contributed by atoms with E-state index in [4.69, 9.17) is 0 Å². The van der Waals surface area contributed by atoms with Crippen LogP contribution in [0.25, 0.3) is 0 Å². The fourth-order valence-electron chi connectivity index (χ4n) is 1.43. The standard InChI is InChI=1S/C10H19NS/c1-11-7-3-2-5-10-6-4-8-12-9-10/h2,5,10-11H,3-4,6-9H2,1H3/b5-2-. The summed E-state index contributed by atoms with van der Waals surface area (Å²) in [5.74, 6) is 3.58. The number of hydrogen-bond donors (Lipinski definition) is 1.